The molecule has 0 heterocycles. The lowest BCUT2D eigenvalue weighted by Gasteiger charge is -2.18. The Morgan fingerprint density at radius 1 is 1.17 bits per heavy atom. The average molecular weight is 252 g/mol. The molecule has 18 heavy (non-hydrogen) atoms. The van der Waals surface area contributed by atoms with Crippen LogP contribution in [0.4, 0.5) is 4.79 Å². The monoisotopic (exact) mass is 252 g/mol. The van der Waals surface area contributed by atoms with Gasteiger partial charge in [0.1, 0.15) is 19.0 Å². The maximum absolute atomic E-state index is 11.5. The van der Waals surface area contributed by atoms with E-state index in [1.807, 2.05) is 44.2 Å². The first kappa shape index (κ1) is 14.3. The summed E-state index contributed by atoms with van der Waals surface area (Å²) in [7, 11) is 0. The van der Waals surface area contributed by atoms with Gasteiger partial charge in [-0.2, -0.15) is 0 Å². The van der Waals surface area contributed by atoms with E-state index in [2.05, 4.69) is 5.48 Å². The molecule has 0 aliphatic rings. The van der Waals surface area contributed by atoms with Gasteiger partial charge < -0.3 is 9.64 Å². The minimum Gasteiger partial charge on any atom is -0.491 e. The van der Waals surface area contributed by atoms with Crippen molar-refractivity contribution in [3.8, 4) is 5.75 Å². The van der Waals surface area contributed by atoms with Gasteiger partial charge in [0.15, 0.2) is 0 Å². The van der Waals surface area contributed by atoms with Crippen molar-refractivity contribution < 1.29 is 14.4 Å². The molecule has 1 N–H and O–H groups in total. The fourth-order valence-electron chi connectivity index (χ4n) is 1.41. The molecule has 0 atom stereocenters. The van der Waals surface area contributed by atoms with Crippen LogP contribution in [0.1, 0.15) is 13.8 Å². The molecule has 0 aliphatic heterocycles. The number of rotatable bonds is 7. The Bertz CT molecular complexity index is 339. The summed E-state index contributed by atoms with van der Waals surface area (Å²) in [5.41, 5.74) is 2.38. The van der Waals surface area contributed by atoms with Crippen LogP contribution in [0.25, 0.3) is 0 Å². The molecule has 0 saturated carbocycles. The summed E-state index contributed by atoms with van der Waals surface area (Å²) in [6, 6.07) is 9.24. The van der Waals surface area contributed by atoms with E-state index in [9.17, 15) is 4.79 Å². The van der Waals surface area contributed by atoms with Crippen LogP contribution in [0.5, 0.6) is 5.75 Å². The highest BCUT2D eigenvalue weighted by Crippen LogP contribution is 2.07. The van der Waals surface area contributed by atoms with Crippen molar-refractivity contribution in [2.24, 2.45) is 0 Å². The largest absolute Gasteiger partial charge is 0.491 e. The summed E-state index contributed by atoms with van der Waals surface area (Å²) in [6.07, 6.45) is 0. The zero-order valence-electron chi connectivity index (χ0n) is 10.9. The van der Waals surface area contributed by atoms with Gasteiger partial charge in [0.2, 0.25) is 0 Å². The number of hydrogen-bond acceptors (Lipinski definition) is 3. The maximum Gasteiger partial charge on any atom is 0.341 e. The smallest absolute Gasteiger partial charge is 0.341 e. The molecule has 1 rings (SSSR count). The third kappa shape index (κ3) is 5.05. The Kier molecular flexibility index (Phi) is 6.64. The molecule has 0 saturated heterocycles. The van der Waals surface area contributed by atoms with Gasteiger partial charge in [0.25, 0.3) is 0 Å². The van der Waals surface area contributed by atoms with Crippen LogP contribution in [0.15, 0.2) is 30.3 Å². The second-order valence-corrected chi connectivity index (χ2v) is 3.59. The van der Waals surface area contributed by atoms with Crippen molar-refractivity contribution in [1.82, 2.24) is 10.4 Å². The molecule has 0 spiro atoms. The Hall–Kier alpha value is -1.75. The molecule has 0 unspecified atom stereocenters. The van der Waals surface area contributed by atoms with Crippen LogP contribution in [0.3, 0.4) is 0 Å². The molecule has 1 aromatic rings. The number of urea groups is 1. The number of carbonyl (C=O) groups excluding carboxylic acids is 1. The summed E-state index contributed by atoms with van der Waals surface area (Å²) in [4.78, 5) is 18.2. The first-order chi connectivity index (χ1) is 8.77. The molecule has 0 fully saturated rings. The number of nitrogens with one attached hydrogen (secondary N) is 1. The quantitative estimate of drug-likeness (QED) is 0.597. The van der Waals surface area contributed by atoms with Gasteiger partial charge in [-0.15, -0.1) is 0 Å². The standard InChI is InChI=1S/C13H20N2O3/c1-3-15(4-2)13(16)14-18-11-10-17-12-8-6-5-7-9-12/h5-9H,3-4,10-11H2,1-2H3,(H,14,16). The van der Waals surface area contributed by atoms with E-state index in [1.165, 1.54) is 0 Å². The van der Waals surface area contributed by atoms with Gasteiger partial charge >= 0.3 is 6.03 Å². The highest BCUT2D eigenvalue weighted by atomic mass is 16.7. The van der Waals surface area contributed by atoms with E-state index >= 15 is 0 Å². The fraction of sp³-hybridized carbons (Fsp3) is 0.462. The van der Waals surface area contributed by atoms with Crippen molar-refractivity contribution in [2.45, 2.75) is 13.8 Å². The molecule has 1 aromatic carbocycles. The minimum atomic E-state index is -0.222. The van der Waals surface area contributed by atoms with Gasteiger partial charge in [0.05, 0.1) is 0 Å². The molecule has 5 nitrogen and oxygen atoms in total. The molecule has 100 valence electrons. The van der Waals surface area contributed by atoms with Crippen molar-refractivity contribution >= 4 is 6.03 Å². The van der Waals surface area contributed by atoms with Gasteiger partial charge in [-0.05, 0) is 26.0 Å². The topological polar surface area (TPSA) is 50.8 Å². The third-order valence-corrected chi connectivity index (χ3v) is 2.41. The number of carbonyl (C=O) groups is 1. The molecule has 0 bridgehead atoms. The molecule has 5 heteroatoms. The third-order valence-electron chi connectivity index (χ3n) is 2.41. The van der Waals surface area contributed by atoms with Crippen molar-refractivity contribution in [1.29, 1.82) is 0 Å². The Labute approximate surface area is 108 Å². The second-order valence-electron chi connectivity index (χ2n) is 3.59. The predicted octanol–water partition coefficient (Wildman–Crippen LogP) is 2.05. The van der Waals surface area contributed by atoms with Crippen LogP contribution in [-0.2, 0) is 4.84 Å². The van der Waals surface area contributed by atoms with Crippen LogP contribution in [-0.4, -0.2) is 37.2 Å². The van der Waals surface area contributed by atoms with Gasteiger partial charge in [-0.1, -0.05) is 18.2 Å². The first-order valence-corrected chi connectivity index (χ1v) is 6.12. The van der Waals surface area contributed by atoms with Crippen LogP contribution < -0.4 is 10.2 Å². The predicted molar refractivity (Wildman–Crippen MR) is 69.3 cm³/mol. The summed E-state index contributed by atoms with van der Waals surface area (Å²) in [5, 5.41) is 0. The van der Waals surface area contributed by atoms with E-state index in [1.54, 1.807) is 4.90 Å². The second kappa shape index (κ2) is 8.36. The van der Waals surface area contributed by atoms with Crippen molar-refractivity contribution in [3.05, 3.63) is 30.3 Å². The number of hydrogen-bond donors (Lipinski definition) is 1. The Balaban J connectivity index is 2.10. The summed E-state index contributed by atoms with van der Waals surface area (Å²) in [6.45, 7) is 5.85. The summed E-state index contributed by atoms with van der Waals surface area (Å²) in [5.74, 6) is 0.788. The molecule has 2 amide bonds. The van der Waals surface area contributed by atoms with Gasteiger partial charge in [0, 0.05) is 13.1 Å². The van der Waals surface area contributed by atoms with E-state index < -0.39 is 0 Å². The first-order valence-electron chi connectivity index (χ1n) is 6.12. The summed E-state index contributed by atoms with van der Waals surface area (Å²) < 4.78 is 5.41. The highest BCUT2D eigenvalue weighted by Gasteiger charge is 2.07. The number of benzene rings is 1. The normalized spacial score (nSPS) is 9.89. The number of hydroxylamine groups is 1. The molecular formula is C13H20N2O3. The molecular weight excluding hydrogens is 232 g/mol. The van der Waals surface area contributed by atoms with E-state index in [4.69, 9.17) is 9.57 Å². The number of para-hydroxylation sites is 1. The van der Waals surface area contributed by atoms with Crippen LogP contribution in [0, 0.1) is 0 Å². The lowest BCUT2D eigenvalue weighted by atomic mass is 10.3. The number of amides is 2. The van der Waals surface area contributed by atoms with E-state index in [-0.39, 0.29) is 6.03 Å². The summed E-state index contributed by atoms with van der Waals surface area (Å²) >= 11 is 0. The van der Waals surface area contributed by atoms with Crippen molar-refractivity contribution in [3.63, 3.8) is 0 Å². The van der Waals surface area contributed by atoms with Gasteiger partial charge in [-0.25, -0.2) is 10.3 Å². The Morgan fingerprint density at radius 2 is 1.83 bits per heavy atom. The SMILES string of the molecule is CCN(CC)C(=O)NOCCOc1ccccc1. The van der Waals surface area contributed by atoms with E-state index in [0.29, 0.717) is 26.3 Å². The molecule has 0 aromatic heterocycles. The van der Waals surface area contributed by atoms with Crippen LogP contribution in [0.2, 0.25) is 0 Å². The van der Waals surface area contributed by atoms with Crippen molar-refractivity contribution in [2.75, 3.05) is 26.3 Å². The molecule has 0 aliphatic carbocycles. The average Bonchev–Trinajstić information content (AvgIpc) is 2.41. The zero-order valence-corrected chi connectivity index (χ0v) is 10.9. The van der Waals surface area contributed by atoms with Gasteiger partial charge in [-0.3, -0.25) is 4.84 Å². The highest BCUT2D eigenvalue weighted by molar-refractivity contribution is 5.72. The van der Waals surface area contributed by atoms with E-state index in [0.717, 1.165) is 5.75 Å². The lowest BCUT2D eigenvalue weighted by Crippen LogP contribution is -2.40. The number of ether oxygens (including phenoxy) is 1. The maximum atomic E-state index is 11.5. The number of nitrogens with zero attached hydrogens (tertiary/aromatic N) is 1. The minimum absolute atomic E-state index is 0.222. The fourth-order valence-corrected chi connectivity index (χ4v) is 1.41. The Morgan fingerprint density at radius 3 is 2.44 bits per heavy atom. The molecule has 0 radical (unpaired) electrons. The lowest BCUT2D eigenvalue weighted by molar-refractivity contribution is 0.0316. The zero-order chi connectivity index (χ0) is 13.2. The van der Waals surface area contributed by atoms with Crippen LogP contribution >= 0.6 is 0 Å².